The Bertz CT molecular complexity index is 383. The maximum absolute atomic E-state index is 9.81. The number of nitrogens with zero attached hydrogens (tertiary/aromatic N) is 2. The molecule has 0 aliphatic rings. The summed E-state index contributed by atoms with van der Waals surface area (Å²) in [5.74, 6) is 0. The van der Waals surface area contributed by atoms with Crippen molar-refractivity contribution in [3.8, 4) is 0 Å². The molecule has 0 saturated heterocycles. The van der Waals surface area contributed by atoms with Crippen molar-refractivity contribution >= 4 is 23.1 Å². The Balaban J connectivity index is 2.28. The van der Waals surface area contributed by atoms with Crippen molar-refractivity contribution in [2.45, 2.75) is 13.0 Å². The first-order valence-electron chi connectivity index (χ1n) is 3.79. The van der Waals surface area contributed by atoms with Crippen LogP contribution in [0.1, 0.15) is 21.6 Å². The Hall–Kier alpha value is -0.780. The van der Waals surface area contributed by atoms with Crippen molar-refractivity contribution < 1.29 is 5.11 Å². The lowest BCUT2D eigenvalue weighted by Gasteiger charge is -2.02. The molecule has 0 aliphatic heterocycles. The van der Waals surface area contributed by atoms with Crippen LogP contribution in [0, 0.1) is 6.92 Å². The van der Waals surface area contributed by atoms with Crippen LogP contribution in [0.15, 0.2) is 18.3 Å². The van der Waals surface area contributed by atoms with Crippen molar-refractivity contribution in [1.82, 2.24) is 8.75 Å². The van der Waals surface area contributed by atoms with Gasteiger partial charge in [0.15, 0.2) is 0 Å². The quantitative estimate of drug-likeness (QED) is 0.828. The van der Waals surface area contributed by atoms with Crippen LogP contribution < -0.4 is 0 Å². The van der Waals surface area contributed by atoms with Crippen LogP contribution in [0.4, 0.5) is 0 Å². The number of rotatable bonds is 2. The van der Waals surface area contributed by atoms with Crippen molar-refractivity contribution in [2.24, 2.45) is 0 Å². The second-order valence-corrected chi connectivity index (χ2v) is 4.56. The van der Waals surface area contributed by atoms with Gasteiger partial charge in [0.05, 0.1) is 17.9 Å². The van der Waals surface area contributed by atoms with Crippen LogP contribution in [0.3, 0.4) is 0 Å². The summed E-state index contributed by atoms with van der Waals surface area (Å²) in [6, 6.07) is 3.91. The Morgan fingerprint density at radius 1 is 1.46 bits per heavy atom. The van der Waals surface area contributed by atoms with Gasteiger partial charge < -0.3 is 5.11 Å². The molecule has 1 unspecified atom stereocenters. The van der Waals surface area contributed by atoms with E-state index in [1.807, 2.05) is 19.1 Å². The molecule has 68 valence electrons. The first-order chi connectivity index (χ1) is 6.27. The molecule has 1 N–H and O–H groups in total. The third-order valence-electron chi connectivity index (χ3n) is 1.69. The molecule has 0 spiro atoms. The molecule has 0 amide bonds. The highest BCUT2D eigenvalue weighted by Gasteiger charge is 2.14. The van der Waals surface area contributed by atoms with E-state index in [-0.39, 0.29) is 0 Å². The fourth-order valence-electron chi connectivity index (χ4n) is 1.04. The predicted octanol–water partition coefficient (Wildman–Crippen LogP) is 1.99. The minimum Gasteiger partial charge on any atom is -0.381 e. The molecule has 3 nitrogen and oxygen atoms in total. The summed E-state index contributed by atoms with van der Waals surface area (Å²) in [4.78, 5) is 2.11. The fourth-order valence-corrected chi connectivity index (χ4v) is 2.36. The van der Waals surface area contributed by atoms with Gasteiger partial charge >= 0.3 is 0 Å². The highest BCUT2D eigenvalue weighted by Crippen LogP contribution is 2.26. The van der Waals surface area contributed by atoms with Gasteiger partial charge in [-0.3, -0.25) is 0 Å². The molecule has 0 radical (unpaired) electrons. The molecule has 2 rings (SSSR count). The molecule has 1 atom stereocenters. The van der Waals surface area contributed by atoms with Gasteiger partial charge in [-0.15, -0.1) is 11.3 Å². The van der Waals surface area contributed by atoms with E-state index in [2.05, 4.69) is 8.75 Å². The molecule has 0 fully saturated rings. The topological polar surface area (TPSA) is 46.0 Å². The average Bonchev–Trinajstić information content (AvgIpc) is 2.72. The standard InChI is InChI=1S/C8H8N2OS2/c1-5-2-3-7(12-5)8(11)6-4-9-13-10-6/h2-4,8,11H,1H3. The Labute approximate surface area is 84.0 Å². The average molecular weight is 212 g/mol. The fraction of sp³-hybridized carbons (Fsp3) is 0.250. The normalized spacial score (nSPS) is 13.1. The van der Waals surface area contributed by atoms with E-state index in [0.29, 0.717) is 5.69 Å². The summed E-state index contributed by atoms with van der Waals surface area (Å²) in [5, 5.41) is 9.81. The SMILES string of the molecule is Cc1ccc(C(O)c2cnsn2)s1. The molecule has 0 saturated carbocycles. The first kappa shape index (κ1) is 8.80. The smallest absolute Gasteiger partial charge is 0.133 e. The van der Waals surface area contributed by atoms with Crippen molar-refractivity contribution in [1.29, 1.82) is 0 Å². The van der Waals surface area contributed by atoms with Gasteiger partial charge in [0.1, 0.15) is 11.8 Å². The van der Waals surface area contributed by atoms with Crippen LogP contribution in [-0.4, -0.2) is 13.9 Å². The Kier molecular flexibility index (Phi) is 2.39. The van der Waals surface area contributed by atoms with Crippen molar-refractivity contribution in [3.63, 3.8) is 0 Å². The second kappa shape index (κ2) is 3.53. The monoisotopic (exact) mass is 212 g/mol. The van der Waals surface area contributed by atoms with E-state index in [9.17, 15) is 5.11 Å². The lowest BCUT2D eigenvalue weighted by atomic mass is 10.2. The molecular formula is C8H8N2OS2. The van der Waals surface area contributed by atoms with Crippen LogP contribution in [0.2, 0.25) is 0 Å². The van der Waals surface area contributed by atoms with Crippen molar-refractivity contribution in [2.75, 3.05) is 0 Å². The minimum atomic E-state index is -0.613. The van der Waals surface area contributed by atoms with Gasteiger partial charge in [-0.2, -0.15) is 8.75 Å². The maximum atomic E-state index is 9.81. The zero-order valence-electron chi connectivity index (χ0n) is 6.97. The molecule has 0 aliphatic carbocycles. The van der Waals surface area contributed by atoms with Crippen LogP contribution in [0.5, 0.6) is 0 Å². The highest BCUT2D eigenvalue weighted by molar-refractivity contribution is 7.12. The molecule has 0 aromatic carbocycles. The van der Waals surface area contributed by atoms with Gasteiger partial charge in [0.2, 0.25) is 0 Å². The lowest BCUT2D eigenvalue weighted by Crippen LogP contribution is -1.96. The van der Waals surface area contributed by atoms with Gasteiger partial charge in [-0.05, 0) is 19.1 Å². The van der Waals surface area contributed by atoms with Crippen LogP contribution in [0.25, 0.3) is 0 Å². The number of hydrogen-bond donors (Lipinski definition) is 1. The van der Waals surface area contributed by atoms with E-state index in [4.69, 9.17) is 0 Å². The number of aryl methyl sites for hydroxylation is 1. The van der Waals surface area contributed by atoms with Crippen molar-refractivity contribution in [3.05, 3.63) is 33.8 Å². The largest absolute Gasteiger partial charge is 0.381 e. The number of hydrogen-bond acceptors (Lipinski definition) is 5. The molecular weight excluding hydrogens is 204 g/mol. The van der Waals surface area contributed by atoms with Crippen LogP contribution in [-0.2, 0) is 0 Å². The third-order valence-corrected chi connectivity index (χ3v) is 3.23. The van der Waals surface area contributed by atoms with Gasteiger partial charge in [0.25, 0.3) is 0 Å². The minimum absolute atomic E-state index is 0.613. The van der Waals surface area contributed by atoms with E-state index in [1.165, 1.54) is 4.88 Å². The molecule has 5 heteroatoms. The first-order valence-corrected chi connectivity index (χ1v) is 5.34. The maximum Gasteiger partial charge on any atom is 0.133 e. The summed E-state index contributed by atoms with van der Waals surface area (Å²) < 4.78 is 7.84. The van der Waals surface area contributed by atoms with E-state index in [1.54, 1.807) is 17.5 Å². The van der Waals surface area contributed by atoms with Gasteiger partial charge in [0, 0.05) is 9.75 Å². The number of aliphatic hydroxyl groups excluding tert-OH is 1. The lowest BCUT2D eigenvalue weighted by molar-refractivity contribution is 0.220. The molecule has 13 heavy (non-hydrogen) atoms. The third kappa shape index (κ3) is 1.77. The van der Waals surface area contributed by atoms with Crippen LogP contribution >= 0.6 is 23.1 Å². The molecule has 2 heterocycles. The summed E-state index contributed by atoms with van der Waals surface area (Å²) >= 11 is 2.69. The summed E-state index contributed by atoms with van der Waals surface area (Å²) in [5.41, 5.74) is 0.631. The summed E-state index contributed by atoms with van der Waals surface area (Å²) in [6.45, 7) is 2.01. The number of aliphatic hydroxyl groups is 1. The number of thiophene rings is 1. The Morgan fingerprint density at radius 3 is 2.85 bits per heavy atom. The zero-order valence-corrected chi connectivity index (χ0v) is 8.60. The molecule has 2 aromatic rings. The predicted molar refractivity (Wildman–Crippen MR) is 53.0 cm³/mol. The molecule has 0 bridgehead atoms. The second-order valence-electron chi connectivity index (χ2n) is 2.68. The summed E-state index contributed by atoms with van der Waals surface area (Å²) in [6.07, 6.45) is 0.988. The molecule has 2 aromatic heterocycles. The van der Waals surface area contributed by atoms with Gasteiger partial charge in [-0.1, -0.05) is 0 Å². The van der Waals surface area contributed by atoms with E-state index < -0.39 is 6.10 Å². The zero-order chi connectivity index (χ0) is 9.26. The van der Waals surface area contributed by atoms with E-state index in [0.717, 1.165) is 16.6 Å². The van der Waals surface area contributed by atoms with Gasteiger partial charge in [-0.25, -0.2) is 0 Å². The highest BCUT2D eigenvalue weighted by atomic mass is 32.1. The Morgan fingerprint density at radius 2 is 2.31 bits per heavy atom. The number of aromatic nitrogens is 2. The van der Waals surface area contributed by atoms with E-state index >= 15 is 0 Å². The summed E-state index contributed by atoms with van der Waals surface area (Å²) in [7, 11) is 0.